The fourth-order valence-electron chi connectivity index (χ4n) is 2.48. The first-order valence-electron chi connectivity index (χ1n) is 6.72. The van der Waals surface area contributed by atoms with Gasteiger partial charge in [-0.2, -0.15) is 0 Å². The average molecular weight is 269 g/mol. The topological polar surface area (TPSA) is 52.7 Å². The van der Waals surface area contributed by atoms with E-state index in [1.807, 2.05) is 0 Å². The lowest BCUT2D eigenvalue weighted by molar-refractivity contribution is -0.129. The van der Waals surface area contributed by atoms with E-state index in [1.54, 1.807) is 11.8 Å². The number of carbonyl (C=O) groups is 2. The number of nitrogens with one attached hydrogen (secondary N) is 1. The Morgan fingerprint density at radius 3 is 2.53 bits per heavy atom. The molecule has 1 saturated heterocycles. The molecule has 0 spiro atoms. The van der Waals surface area contributed by atoms with Gasteiger partial charge in [-0.05, 0) is 25.3 Å². The minimum absolute atomic E-state index is 0.0676. The third-order valence-corrected chi connectivity index (χ3v) is 3.66. The lowest BCUT2D eigenvalue weighted by Gasteiger charge is -2.33. The Kier molecular flexibility index (Phi) is 4.39. The molecule has 2 rings (SSSR count). The first-order chi connectivity index (χ1) is 9.06. The van der Waals surface area contributed by atoms with Crippen LogP contribution in [-0.2, 0) is 4.79 Å². The Hall–Kier alpha value is -1.59. The van der Waals surface area contributed by atoms with Gasteiger partial charge in [0.2, 0.25) is 5.91 Å². The number of amides is 3. The third kappa shape index (κ3) is 3.68. The van der Waals surface area contributed by atoms with Gasteiger partial charge in [0.1, 0.15) is 5.83 Å². The first-order valence-corrected chi connectivity index (χ1v) is 6.72. The van der Waals surface area contributed by atoms with E-state index in [1.165, 1.54) is 11.0 Å². The first kappa shape index (κ1) is 13.8. The van der Waals surface area contributed by atoms with E-state index < -0.39 is 0 Å². The SMILES string of the molecule is CC(=O)N1CCC(NC(=O)N2CCC=C(F)C2)CC1. The monoisotopic (exact) mass is 269 g/mol. The van der Waals surface area contributed by atoms with Crippen LogP contribution in [0.5, 0.6) is 0 Å². The van der Waals surface area contributed by atoms with Gasteiger partial charge in [0.15, 0.2) is 0 Å². The summed E-state index contributed by atoms with van der Waals surface area (Å²) < 4.78 is 13.1. The largest absolute Gasteiger partial charge is 0.343 e. The molecular weight excluding hydrogens is 249 g/mol. The van der Waals surface area contributed by atoms with Crippen LogP contribution in [0.2, 0.25) is 0 Å². The molecule has 0 bridgehead atoms. The predicted molar refractivity (Wildman–Crippen MR) is 69.2 cm³/mol. The standard InChI is InChI=1S/C13H20FN3O2/c1-10(18)16-7-4-12(5-8-16)15-13(19)17-6-2-3-11(14)9-17/h3,12H,2,4-9H2,1H3,(H,15,19). The van der Waals surface area contributed by atoms with Crippen LogP contribution in [0.15, 0.2) is 11.9 Å². The Balaban J connectivity index is 1.78. The number of urea groups is 1. The van der Waals surface area contributed by atoms with Crippen molar-refractivity contribution in [3.63, 3.8) is 0 Å². The van der Waals surface area contributed by atoms with E-state index in [4.69, 9.17) is 0 Å². The number of hydrogen-bond acceptors (Lipinski definition) is 2. The fourth-order valence-corrected chi connectivity index (χ4v) is 2.48. The van der Waals surface area contributed by atoms with Crippen molar-refractivity contribution in [3.8, 4) is 0 Å². The zero-order chi connectivity index (χ0) is 13.8. The summed E-state index contributed by atoms with van der Waals surface area (Å²) >= 11 is 0. The molecule has 0 aliphatic carbocycles. The van der Waals surface area contributed by atoms with Crippen LogP contribution in [0.1, 0.15) is 26.2 Å². The molecule has 106 valence electrons. The van der Waals surface area contributed by atoms with Crippen molar-refractivity contribution in [2.75, 3.05) is 26.2 Å². The highest BCUT2D eigenvalue weighted by molar-refractivity contribution is 5.75. The van der Waals surface area contributed by atoms with Gasteiger partial charge >= 0.3 is 6.03 Å². The molecule has 2 aliphatic heterocycles. The molecule has 19 heavy (non-hydrogen) atoms. The van der Waals surface area contributed by atoms with Crippen LogP contribution >= 0.6 is 0 Å². The maximum Gasteiger partial charge on any atom is 0.318 e. The number of nitrogens with zero attached hydrogens (tertiary/aromatic N) is 2. The van der Waals surface area contributed by atoms with Crippen LogP contribution in [0.3, 0.4) is 0 Å². The smallest absolute Gasteiger partial charge is 0.318 e. The van der Waals surface area contributed by atoms with Crippen LogP contribution in [0.25, 0.3) is 0 Å². The number of likely N-dealkylation sites (tertiary alicyclic amines) is 1. The van der Waals surface area contributed by atoms with Gasteiger partial charge in [-0.25, -0.2) is 9.18 Å². The Labute approximate surface area is 112 Å². The Morgan fingerprint density at radius 2 is 1.95 bits per heavy atom. The second-order valence-electron chi connectivity index (χ2n) is 5.09. The number of hydrogen-bond donors (Lipinski definition) is 1. The third-order valence-electron chi connectivity index (χ3n) is 3.66. The fraction of sp³-hybridized carbons (Fsp3) is 0.692. The molecule has 0 radical (unpaired) electrons. The summed E-state index contributed by atoms with van der Waals surface area (Å²) in [6.45, 7) is 3.54. The highest BCUT2D eigenvalue weighted by Gasteiger charge is 2.25. The van der Waals surface area contributed by atoms with Gasteiger partial charge in [-0.3, -0.25) is 4.79 Å². The maximum atomic E-state index is 13.1. The Morgan fingerprint density at radius 1 is 1.26 bits per heavy atom. The van der Waals surface area contributed by atoms with Crippen molar-refractivity contribution in [2.45, 2.75) is 32.2 Å². The summed E-state index contributed by atoms with van der Waals surface area (Å²) in [5.41, 5.74) is 0. The molecule has 6 heteroatoms. The van der Waals surface area contributed by atoms with Crippen LogP contribution in [-0.4, -0.2) is 54.0 Å². The molecule has 0 aromatic rings. The van der Waals surface area contributed by atoms with Crippen LogP contribution < -0.4 is 5.32 Å². The predicted octanol–water partition coefficient (Wildman–Crippen LogP) is 1.27. The molecule has 0 unspecified atom stereocenters. The minimum atomic E-state index is -0.243. The molecule has 1 N–H and O–H groups in total. The zero-order valence-corrected chi connectivity index (χ0v) is 11.2. The highest BCUT2D eigenvalue weighted by Crippen LogP contribution is 2.13. The molecule has 3 amide bonds. The van der Waals surface area contributed by atoms with Gasteiger partial charge in [0, 0.05) is 32.6 Å². The van der Waals surface area contributed by atoms with Crippen molar-refractivity contribution >= 4 is 11.9 Å². The summed E-state index contributed by atoms with van der Waals surface area (Å²) in [5, 5.41) is 2.92. The van der Waals surface area contributed by atoms with E-state index in [9.17, 15) is 14.0 Å². The van der Waals surface area contributed by atoms with Gasteiger partial charge in [-0.1, -0.05) is 0 Å². The summed E-state index contributed by atoms with van der Waals surface area (Å²) in [7, 11) is 0. The van der Waals surface area contributed by atoms with Crippen LogP contribution in [0, 0.1) is 0 Å². The zero-order valence-electron chi connectivity index (χ0n) is 11.2. The molecule has 1 fully saturated rings. The molecule has 0 saturated carbocycles. The van der Waals surface area contributed by atoms with E-state index in [0.717, 1.165) is 12.8 Å². The van der Waals surface area contributed by atoms with E-state index >= 15 is 0 Å². The summed E-state index contributed by atoms with van der Waals surface area (Å²) in [6, 6.07) is -0.124. The van der Waals surface area contributed by atoms with Gasteiger partial charge in [0.05, 0.1) is 6.54 Å². The second kappa shape index (κ2) is 6.04. The molecule has 0 atom stereocenters. The normalized spacial score (nSPS) is 21.1. The number of piperidine rings is 1. The Bertz CT molecular complexity index is 389. The van der Waals surface area contributed by atoms with E-state index in [-0.39, 0.29) is 30.4 Å². The molecule has 2 heterocycles. The summed E-state index contributed by atoms with van der Waals surface area (Å²) in [4.78, 5) is 26.4. The van der Waals surface area contributed by atoms with Gasteiger partial charge in [-0.15, -0.1) is 0 Å². The molecule has 0 aromatic heterocycles. The quantitative estimate of drug-likeness (QED) is 0.779. The molecule has 5 nitrogen and oxygen atoms in total. The maximum absolute atomic E-state index is 13.1. The lowest BCUT2D eigenvalue weighted by atomic mass is 10.1. The molecule has 2 aliphatic rings. The lowest BCUT2D eigenvalue weighted by Crippen LogP contribution is -2.50. The van der Waals surface area contributed by atoms with Crippen molar-refractivity contribution in [2.24, 2.45) is 0 Å². The number of rotatable bonds is 1. The van der Waals surface area contributed by atoms with Crippen molar-refractivity contribution < 1.29 is 14.0 Å². The second-order valence-corrected chi connectivity index (χ2v) is 5.09. The number of halogens is 1. The number of carbonyl (C=O) groups excluding carboxylic acids is 2. The molecule has 0 aromatic carbocycles. The summed E-state index contributed by atoms with van der Waals surface area (Å²) in [5.74, 6) is -0.166. The molecular formula is C13H20FN3O2. The average Bonchev–Trinajstić information content (AvgIpc) is 2.39. The highest BCUT2D eigenvalue weighted by atomic mass is 19.1. The van der Waals surface area contributed by atoms with Crippen molar-refractivity contribution in [1.29, 1.82) is 0 Å². The van der Waals surface area contributed by atoms with Crippen molar-refractivity contribution in [1.82, 2.24) is 15.1 Å². The van der Waals surface area contributed by atoms with Crippen LogP contribution in [0.4, 0.5) is 9.18 Å². The van der Waals surface area contributed by atoms with Gasteiger partial charge < -0.3 is 15.1 Å². The van der Waals surface area contributed by atoms with E-state index in [0.29, 0.717) is 26.1 Å². The van der Waals surface area contributed by atoms with Crippen molar-refractivity contribution in [3.05, 3.63) is 11.9 Å². The summed E-state index contributed by atoms with van der Waals surface area (Å²) in [6.07, 6.45) is 3.62. The minimum Gasteiger partial charge on any atom is -0.343 e. The van der Waals surface area contributed by atoms with Gasteiger partial charge in [0.25, 0.3) is 0 Å². The van der Waals surface area contributed by atoms with E-state index in [2.05, 4.69) is 5.32 Å².